The molecule has 57 heavy (non-hydrogen) atoms. The van der Waals surface area contributed by atoms with Gasteiger partial charge in [0.15, 0.2) is 0 Å². The highest BCUT2D eigenvalue weighted by Gasteiger charge is 2.37. The summed E-state index contributed by atoms with van der Waals surface area (Å²) in [5.74, 6) is 0. The molecule has 0 saturated heterocycles. The van der Waals surface area contributed by atoms with Crippen LogP contribution in [0.5, 0.6) is 0 Å². The van der Waals surface area contributed by atoms with Crippen molar-refractivity contribution in [2.24, 2.45) is 0 Å². The highest BCUT2D eigenvalue weighted by atomic mass is 19.4. The zero-order chi connectivity index (χ0) is 42.0. The van der Waals surface area contributed by atoms with E-state index in [1.165, 1.54) is 37.3 Å². The maximum Gasteiger partial charge on any atom is 0.416 e. The van der Waals surface area contributed by atoms with Crippen LogP contribution in [0.3, 0.4) is 0 Å². The van der Waals surface area contributed by atoms with E-state index in [2.05, 4.69) is 9.69 Å². The van der Waals surface area contributed by atoms with Gasteiger partial charge in [0.05, 0.1) is 65.2 Å². The molecule has 0 spiro atoms. The number of nitriles is 4. The Morgan fingerprint density at radius 1 is 0.456 bits per heavy atom. The van der Waals surface area contributed by atoms with Crippen LogP contribution in [0.1, 0.15) is 33.4 Å². The molecule has 0 aliphatic heterocycles. The molecule has 0 saturated carbocycles. The monoisotopic (exact) mass is 776 g/mol. The summed E-state index contributed by atoms with van der Waals surface area (Å²) < 4.78 is 124. The van der Waals surface area contributed by atoms with Crippen LogP contribution >= 0.6 is 0 Å². The summed E-state index contributed by atoms with van der Waals surface area (Å²) >= 11 is 0. The lowest BCUT2D eigenvalue weighted by molar-refractivity contribution is -0.143. The summed E-state index contributed by atoms with van der Waals surface area (Å²) in [6, 6.07) is 20.7. The van der Waals surface area contributed by atoms with E-state index in [-0.39, 0.29) is 72.1 Å². The van der Waals surface area contributed by atoms with Gasteiger partial charge in [-0.25, -0.2) is 20.2 Å². The molecule has 5 aromatic carbocycles. The second kappa shape index (κ2) is 15.1. The van der Waals surface area contributed by atoms with Gasteiger partial charge in [-0.3, -0.25) is 0 Å². The quantitative estimate of drug-likeness (QED) is 0.134. The molecular weight excluding hydrogens is 759 g/mol. The number of nitrogens with zero attached hydrogens (tertiary/aromatic N) is 6. The van der Waals surface area contributed by atoms with Crippen molar-refractivity contribution in [1.29, 1.82) is 21.0 Å². The summed E-state index contributed by atoms with van der Waals surface area (Å²) in [6.45, 7) is 16.9. The Bertz CT molecular complexity index is 2830. The first-order valence-electron chi connectivity index (χ1n) is 15.8. The van der Waals surface area contributed by atoms with Crippen LogP contribution in [0, 0.1) is 65.4 Å². The molecule has 0 aliphatic rings. The zero-order valence-electron chi connectivity index (χ0n) is 28.7. The van der Waals surface area contributed by atoms with Gasteiger partial charge in [0.25, 0.3) is 11.4 Å². The fourth-order valence-corrected chi connectivity index (χ4v) is 6.02. The molecule has 0 bridgehead atoms. The molecular formula is C42H17F9N6. The largest absolute Gasteiger partial charge is 0.416 e. The fourth-order valence-electron chi connectivity index (χ4n) is 6.02. The van der Waals surface area contributed by atoms with E-state index in [0.29, 0.717) is 12.1 Å². The minimum atomic E-state index is -5.21. The molecule has 0 fully saturated rings. The van der Waals surface area contributed by atoms with Gasteiger partial charge in [-0.15, -0.1) is 0 Å². The molecule has 0 amide bonds. The molecule has 0 radical (unpaired) electrons. The third-order valence-electron chi connectivity index (χ3n) is 8.51. The van der Waals surface area contributed by atoms with Gasteiger partial charge >= 0.3 is 18.5 Å². The van der Waals surface area contributed by atoms with E-state index in [9.17, 15) is 60.6 Å². The standard InChI is InChI=1S/C42H17F9N6/c1-22-4-25(12-31(5-22)40(43,44)45)26-6-23(18-52)8-29(10-26)34-16-37(39(21-55)57-3)35(17-36(34)38(20-54)56-2)30-9-24(19-53)7-27(11-30)28-13-32(41(46,47)48)15-33(14-28)42(49,50)51/h4-17H,1H3/b38-36-,39-37+. The summed E-state index contributed by atoms with van der Waals surface area (Å²) in [5, 5.41) is 39.4. The van der Waals surface area contributed by atoms with Crippen molar-refractivity contribution >= 4 is 11.4 Å². The molecule has 5 aromatic rings. The minimum Gasteiger partial charge on any atom is -0.226 e. The average molecular weight is 777 g/mol. The Morgan fingerprint density at radius 2 is 0.789 bits per heavy atom. The molecule has 0 atom stereocenters. The highest BCUT2D eigenvalue weighted by molar-refractivity contribution is 5.86. The molecule has 0 N–H and O–H groups in total. The fraction of sp³-hybridized carbons (Fsp3) is 0.0952. The Kier molecular flexibility index (Phi) is 10.7. The summed E-state index contributed by atoms with van der Waals surface area (Å²) in [5.41, 5.74) is -6.61. The van der Waals surface area contributed by atoms with Crippen molar-refractivity contribution < 1.29 is 39.5 Å². The molecule has 15 heteroatoms. The first kappa shape index (κ1) is 40.3. The van der Waals surface area contributed by atoms with Gasteiger partial charge in [0, 0.05) is 0 Å². The lowest BCUT2D eigenvalue weighted by Crippen LogP contribution is -2.19. The predicted molar refractivity (Wildman–Crippen MR) is 188 cm³/mol. The zero-order valence-corrected chi connectivity index (χ0v) is 28.7. The highest BCUT2D eigenvalue weighted by Crippen LogP contribution is 2.40. The number of hydrogen-bond acceptors (Lipinski definition) is 4. The van der Waals surface area contributed by atoms with Crippen LogP contribution < -0.4 is 10.4 Å². The van der Waals surface area contributed by atoms with E-state index in [4.69, 9.17) is 13.1 Å². The first-order valence-corrected chi connectivity index (χ1v) is 15.8. The lowest BCUT2D eigenvalue weighted by atomic mass is 9.89. The Hall–Kier alpha value is -7.85. The van der Waals surface area contributed by atoms with E-state index in [1.54, 1.807) is 18.2 Å². The number of halogens is 9. The maximum atomic E-state index is 13.8. The molecule has 0 aromatic heterocycles. The van der Waals surface area contributed by atoms with Crippen LogP contribution in [0.2, 0.25) is 0 Å². The summed E-state index contributed by atoms with van der Waals surface area (Å²) in [6.07, 6.45) is -15.1. The topological polar surface area (TPSA) is 104 Å². The Morgan fingerprint density at radius 3 is 1.12 bits per heavy atom. The van der Waals surface area contributed by atoms with Crippen LogP contribution in [-0.4, -0.2) is 0 Å². The van der Waals surface area contributed by atoms with Crippen molar-refractivity contribution in [3.63, 3.8) is 0 Å². The predicted octanol–water partition coefficient (Wildman–Crippen LogP) is 10.6. The summed E-state index contributed by atoms with van der Waals surface area (Å²) in [4.78, 5) is 6.52. The third-order valence-corrected chi connectivity index (χ3v) is 8.51. The van der Waals surface area contributed by atoms with Crippen LogP contribution in [-0.2, 0) is 18.5 Å². The molecule has 5 rings (SSSR count). The van der Waals surface area contributed by atoms with E-state index >= 15 is 0 Å². The first-order chi connectivity index (χ1) is 26.7. The van der Waals surface area contributed by atoms with Gasteiger partial charge < -0.3 is 0 Å². The van der Waals surface area contributed by atoms with Crippen LogP contribution in [0.25, 0.3) is 65.6 Å². The van der Waals surface area contributed by atoms with E-state index in [1.807, 2.05) is 6.07 Å². The van der Waals surface area contributed by atoms with E-state index in [0.717, 1.165) is 36.4 Å². The number of benzene rings is 5. The van der Waals surface area contributed by atoms with Crippen molar-refractivity contribution in [1.82, 2.24) is 0 Å². The lowest BCUT2D eigenvalue weighted by Gasteiger charge is -2.16. The number of alkyl halides is 9. The second-order valence-electron chi connectivity index (χ2n) is 12.3. The average Bonchev–Trinajstić information content (AvgIpc) is 3.17. The van der Waals surface area contributed by atoms with Crippen molar-refractivity contribution in [3.8, 4) is 68.8 Å². The molecule has 278 valence electrons. The van der Waals surface area contributed by atoms with E-state index < -0.39 is 52.2 Å². The second-order valence-corrected chi connectivity index (χ2v) is 12.3. The van der Waals surface area contributed by atoms with Crippen molar-refractivity contribution in [2.75, 3.05) is 0 Å². The van der Waals surface area contributed by atoms with Gasteiger partial charge in [-0.1, -0.05) is 18.2 Å². The van der Waals surface area contributed by atoms with Gasteiger partial charge in [-0.2, -0.15) is 50.0 Å². The molecule has 0 aliphatic carbocycles. The third kappa shape index (κ3) is 8.45. The van der Waals surface area contributed by atoms with Crippen molar-refractivity contribution in [3.05, 3.63) is 152 Å². The normalized spacial score (nSPS) is 12.5. The Labute approximate surface area is 317 Å². The van der Waals surface area contributed by atoms with Crippen LogP contribution in [0.4, 0.5) is 39.5 Å². The Balaban J connectivity index is 1.92. The van der Waals surface area contributed by atoms with Crippen LogP contribution in [0.15, 0.2) is 84.9 Å². The molecule has 0 heterocycles. The van der Waals surface area contributed by atoms with Crippen molar-refractivity contribution in [2.45, 2.75) is 25.5 Å². The number of aryl methyl sites for hydroxylation is 1. The van der Waals surface area contributed by atoms with Gasteiger partial charge in [-0.05, 0) is 134 Å². The number of rotatable bonds is 4. The van der Waals surface area contributed by atoms with Gasteiger partial charge in [0.2, 0.25) is 0 Å². The molecule has 6 nitrogen and oxygen atoms in total. The van der Waals surface area contributed by atoms with Gasteiger partial charge in [0.1, 0.15) is 0 Å². The molecule has 0 unspecified atom stereocenters. The minimum absolute atomic E-state index is 0.0447. The smallest absolute Gasteiger partial charge is 0.226 e. The SMILES string of the molecule is [C-]#[N+]/C(C#N)=c1/cc(-c2cc(C#N)cc(-c3cc(C(F)(F)F)cc(C(F)(F)F)c3)c2)/c(=C(\C#N)[N+]#[C-])cc1-c1cc(C#N)cc(-c2cc(C)cc(C(F)(F)F)c2)c1. The number of hydrogen-bond donors (Lipinski definition) is 0. The maximum absolute atomic E-state index is 13.8. The summed E-state index contributed by atoms with van der Waals surface area (Å²) in [7, 11) is 0.